The number of rotatable bonds is 1. The number of carbonyl (C=O) groups excluding carboxylic acids is 1. The zero-order chi connectivity index (χ0) is 17.5. The van der Waals surface area contributed by atoms with Gasteiger partial charge in [-0.2, -0.15) is 0 Å². The van der Waals surface area contributed by atoms with Gasteiger partial charge in [-0.25, -0.2) is 9.78 Å². The van der Waals surface area contributed by atoms with Crippen LogP contribution in [0.1, 0.15) is 58.4 Å². The Bertz CT molecular complexity index is 598. The summed E-state index contributed by atoms with van der Waals surface area (Å²) < 4.78 is 6.34. The molecule has 132 valence electrons. The van der Waals surface area contributed by atoms with Crippen LogP contribution in [0.4, 0.5) is 4.79 Å². The van der Waals surface area contributed by atoms with Crippen molar-refractivity contribution >= 4 is 22.0 Å². The second-order valence-corrected chi connectivity index (χ2v) is 8.75. The fourth-order valence-electron chi connectivity index (χ4n) is 3.93. The molecule has 1 aromatic heterocycles. The Hall–Kier alpha value is -1.14. The van der Waals surface area contributed by atoms with E-state index >= 15 is 0 Å². The monoisotopic (exact) mass is 396 g/mol. The molecule has 1 N–H and O–H groups in total. The Kier molecular flexibility index (Phi) is 4.64. The van der Waals surface area contributed by atoms with Gasteiger partial charge in [0.1, 0.15) is 10.2 Å². The molecular formula is C18H25BrN2O3. The van der Waals surface area contributed by atoms with E-state index in [1.165, 1.54) is 0 Å². The average Bonchev–Trinajstić information content (AvgIpc) is 2.44. The summed E-state index contributed by atoms with van der Waals surface area (Å²) in [6.45, 7) is 5.65. The quantitative estimate of drug-likeness (QED) is 0.729. The van der Waals surface area contributed by atoms with Crippen LogP contribution in [-0.2, 0) is 10.3 Å². The first-order valence-corrected chi connectivity index (χ1v) is 9.33. The summed E-state index contributed by atoms with van der Waals surface area (Å²) in [4.78, 5) is 18.7. The molecule has 0 aliphatic carbocycles. The Labute approximate surface area is 151 Å². The van der Waals surface area contributed by atoms with E-state index < -0.39 is 11.2 Å². The number of halogens is 1. The molecule has 2 unspecified atom stereocenters. The maximum absolute atomic E-state index is 12.6. The van der Waals surface area contributed by atoms with Crippen molar-refractivity contribution in [3.8, 4) is 0 Å². The summed E-state index contributed by atoms with van der Waals surface area (Å²) in [6.07, 6.45) is 5.43. The van der Waals surface area contributed by atoms with Gasteiger partial charge in [0, 0.05) is 36.7 Å². The van der Waals surface area contributed by atoms with Crippen molar-refractivity contribution in [2.45, 2.75) is 76.2 Å². The van der Waals surface area contributed by atoms with Crippen LogP contribution in [0.15, 0.2) is 22.9 Å². The lowest BCUT2D eigenvalue weighted by Gasteiger charge is -2.51. The van der Waals surface area contributed by atoms with Crippen LogP contribution in [0.25, 0.3) is 0 Å². The summed E-state index contributed by atoms with van der Waals surface area (Å²) in [5, 5.41) is 11.2. The van der Waals surface area contributed by atoms with Crippen molar-refractivity contribution < 1.29 is 14.6 Å². The summed E-state index contributed by atoms with van der Waals surface area (Å²) in [5.74, 6) is 0. The molecular weight excluding hydrogens is 372 g/mol. The summed E-state index contributed by atoms with van der Waals surface area (Å²) in [6, 6.07) is 3.79. The number of amides is 1. The third-order valence-electron chi connectivity index (χ3n) is 4.88. The van der Waals surface area contributed by atoms with Crippen LogP contribution >= 0.6 is 15.9 Å². The molecule has 2 bridgehead atoms. The van der Waals surface area contributed by atoms with Crippen molar-refractivity contribution in [2.24, 2.45) is 0 Å². The van der Waals surface area contributed by atoms with E-state index in [9.17, 15) is 9.90 Å². The maximum Gasteiger partial charge on any atom is 0.410 e. The number of aromatic nitrogens is 1. The summed E-state index contributed by atoms with van der Waals surface area (Å²) in [5.41, 5.74) is -0.608. The lowest BCUT2D eigenvalue weighted by molar-refractivity contribution is -0.0966. The molecule has 1 amide bonds. The van der Waals surface area contributed by atoms with Crippen LogP contribution in [0.3, 0.4) is 0 Å². The number of pyridine rings is 1. The number of ether oxygens (including phenoxy) is 1. The van der Waals surface area contributed by atoms with Gasteiger partial charge < -0.3 is 14.7 Å². The van der Waals surface area contributed by atoms with E-state index in [2.05, 4.69) is 20.9 Å². The number of hydrogen-bond acceptors (Lipinski definition) is 4. The molecule has 24 heavy (non-hydrogen) atoms. The predicted octanol–water partition coefficient (Wildman–Crippen LogP) is 3.98. The third-order valence-corrected chi connectivity index (χ3v) is 5.35. The van der Waals surface area contributed by atoms with Crippen LogP contribution in [-0.4, -0.2) is 38.8 Å². The van der Waals surface area contributed by atoms with E-state index in [4.69, 9.17) is 4.74 Å². The zero-order valence-electron chi connectivity index (χ0n) is 14.5. The number of aliphatic hydroxyl groups is 1. The fraction of sp³-hybridized carbons (Fsp3) is 0.667. The summed E-state index contributed by atoms with van der Waals surface area (Å²) in [7, 11) is 0. The highest BCUT2D eigenvalue weighted by Crippen LogP contribution is 2.44. The second-order valence-electron chi connectivity index (χ2n) is 7.94. The van der Waals surface area contributed by atoms with E-state index in [0.717, 1.165) is 29.4 Å². The molecule has 2 saturated heterocycles. The first kappa shape index (κ1) is 17.7. The molecule has 5 nitrogen and oxygen atoms in total. The van der Waals surface area contributed by atoms with Crippen LogP contribution in [0.5, 0.6) is 0 Å². The first-order chi connectivity index (χ1) is 11.2. The molecule has 2 aliphatic heterocycles. The van der Waals surface area contributed by atoms with E-state index in [1.54, 1.807) is 6.20 Å². The highest BCUT2D eigenvalue weighted by Gasteiger charge is 2.49. The van der Waals surface area contributed by atoms with Gasteiger partial charge in [0.2, 0.25) is 0 Å². The van der Waals surface area contributed by atoms with Crippen molar-refractivity contribution in [2.75, 3.05) is 0 Å². The molecule has 2 aliphatic rings. The number of nitrogens with zero attached hydrogens (tertiary/aromatic N) is 2. The smallest absolute Gasteiger partial charge is 0.410 e. The highest BCUT2D eigenvalue weighted by atomic mass is 79.9. The lowest BCUT2D eigenvalue weighted by atomic mass is 9.73. The van der Waals surface area contributed by atoms with Crippen molar-refractivity contribution in [3.63, 3.8) is 0 Å². The first-order valence-electron chi connectivity index (χ1n) is 8.54. The number of carbonyl (C=O) groups is 1. The molecule has 1 aromatic rings. The minimum absolute atomic E-state index is 0.0148. The van der Waals surface area contributed by atoms with Crippen LogP contribution < -0.4 is 0 Å². The van der Waals surface area contributed by atoms with E-state index in [1.807, 2.05) is 37.8 Å². The zero-order valence-corrected chi connectivity index (χ0v) is 16.0. The van der Waals surface area contributed by atoms with E-state index in [-0.39, 0.29) is 18.2 Å². The van der Waals surface area contributed by atoms with Gasteiger partial charge in [-0.1, -0.05) is 6.07 Å². The Balaban J connectivity index is 1.82. The number of hydrogen-bond donors (Lipinski definition) is 1. The van der Waals surface area contributed by atoms with Crippen molar-refractivity contribution in [1.29, 1.82) is 0 Å². The van der Waals surface area contributed by atoms with Gasteiger partial charge in [-0.15, -0.1) is 0 Å². The number of fused-ring (bicyclic) bond motifs is 2. The highest BCUT2D eigenvalue weighted by molar-refractivity contribution is 9.10. The molecule has 3 heterocycles. The van der Waals surface area contributed by atoms with Crippen molar-refractivity contribution in [3.05, 3.63) is 28.5 Å². The van der Waals surface area contributed by atoms with Gasteiger partial charge in [0.15, 0.2) is 0 Å². The Morgan fingerprint density at radius 3 is 2.46 bits per heavy atom. The molecule has 0 radical (unpaired) electrons. The minimum atomic E-state index is -0.929. The van der Waals surface area contributed by atoms with Crippen molar-refractivity contribution in [1.82, 2.24) is 9.88 Å². The molecule has 0 saturated carbocycles. The molecule has 2 atom stereocenters. The predicted molar refractivity (Wildman–Crippen MR) is 94.6 cm³/mol. The second kappa shape index (κ2) is 6.30. The summed E-state index contributed by atoms with van der Waals surface area (Å²) >= 11 is 3.33. The van der Waals surface area contributed by atoms with E-state index in [0.29, 0.717) is 12.8 Å². The molecule has 2 fully saturated rings. The molecule has 3 rings (SSSR count). The average molecular weight is 397 g/mol. The largest absolute Gasteiger partial charge is 0.444 e. The van der Waals surface area contributed by atoms with Gasteiger partial charge in [-0.3, -0.25) is 0 Å². The lowest BCUT2D eigenvalue weighted by Crippen LogP contribution is -2.59. The maximum atomic E-state index is 12.6. The topological polar surface area (TPSA) is 62.7 Å². The van der Waals surface area contributed by atoms with Crippen LogP contribution in [0.2, 0.25) is 0 Å². The van der Waals surface area contributed by atoms with Gasteiger partial charge in [0.25, 0.3) is 0 Å². The fourth-order valence-corrected chi connectivity index (χ4v) is 4.16. The normalized spacial score (nSPS) is 30.1. The third kappa shape index (κ3) is 3.59. The Morgan fingerprint density at radius 2 is 1.96 bits per heavy atom. The standard InChI is InChI=1S/C18H25BrN2O3/c1-17(2,3)24-16(22)21-13-5-4-6-14(21)10-18(23,9-13)12-7-8-15(19)20-11-12/h7-8,11,13-14,23H,4-6,9-10H2,1-3H3. The van der Waals surface area contributed by atoms with Gasteiger partial charge >= 0.3 is 6.09 Å². The molecule has 0 spiro atoms. The molecule has 6 heteroatoms. The van der Waals surface area contributed by atoms with Gasteiger partial charge in [0.05, 0.1) is 5.60 Å². The Morgan fingerprint density at radius 1 is 1.33 bits per heavy atom. The minimum Gasteiger partial charge on any atom is -0.444 e. The SMILES string of the molecule is CC(C)(C)OC(=O)N1C2CCCC1CC(O)(c1ccc(Br)nc1)C2. The molecule has 0 aromatic carbocycles. The number of piperidine rings is 2. The van der Waals surface area contributed by atoms with Gasteiger partial charge in [-0.05, 0) is 62.0 Å². The van der Waals surface area contributed by atoms with Crippen LogP contribution in [0, 0.1) is 0 Å².